The van der Waals surface area contributed by atoms with E-state index in [1.54, 1.807) is 0 Å². The first-order valence-corrected chi connectivity index (χ1v) is 6.01. The lowest BCUT2D eigenvalue weighted by Crippen LogP contribution is -2.09. The van der Waals surface area contributed by atoms with Gasteiger partial charge < -0.3 is 5.32 Å². The van der Waals surface area contributed by atoms with Crippen LogP contribution < -0.4 is 5.32 Å². The molecule has 1 heteroatoms. The van der Waals surface area contributed by atoms with Crippen LogP contribution in [-0.2, 0) is 0 Å². The normalized spacial score (nSPS) is 14.6. The quantitative estimate of drug-likeness (QED) is 0.675. The molecule has 0 aliphatic carbocycles. The predicted molar refractivity (Wildman–Crippen MR) is 78.6 cm³/mol. The van der Waals surface area contributed by atoms with Gasteiger partial charge in [0.2, 0.25) is 0 Å². The molecule has 0 unspecified atom stereocenters. The summed E-state index contributed by atoms with van der Waals surface area (Å²) in [4.78, 5) is 0. The molecule has 17 heavy (non-hydrogen) atoms. The van der Waals surface area contributed by atoms with E-state index in [9.17, 15) is 0 Å². The molecule has 0 atom stereocenters. The third-order valence-electron chi connectivity index (χ3n) is 2.04. The highest BCUT2D eigenvalue weighted by Crippen LogP contribution is 2.14. The van der Waals surface area contributed by atoms with Crippen LogP contribution in [0, 0.1) is 5.41 Å². The number of rotatable bonds is 5. The van der Waals surface area contributed by atoms with Crippen LogP contribution in [0.3, 0.4) is 0 Å². The summed E-state index contributed by atoms with van der Waals surface area (Å²) in [5.41, 5.74) is 2.27. The maximum absolute atomic E-state index is 3.81. The molecule has 0 aliphatic rings. The summed E-state index contributed by atoms with van der Waals surface area (Å²) in [6.07, 6.45) is 14.2. The van der Waals surface area contributed by atoms with Gasteiger partial charge in [0.15, 0.2) is 0 Å². The molecule has 0 spiro atoms. The van der Waals surface area contributed by atoms with Crippen molar-refractivity contribution in [3.05, 3.63) is 60.5 Å². The lowest BCUT2D eigenvalue weighted by molar-refractivity contribution is 0.544. The molecular weight excluding hydrogens is 206 g/mol. The maximum Gasteiger partial charge on any atom is 0.0378 e. The van der Waals surface area contributed by atoms with Crippen LogP contribution in [0.4, 0.5) is 0 Å². The van der Waals surface area contributed by atoms with Gasteiger partial charge in [-0.05, 0) is 37.5 Å². The van der Waals surface area contributed by atoms with Crippen LogP contribution in [0.25, 0.3) is 0 Å². The number of allylic oxidation sites excluding steroid dienone is 7. The van der Waals surface area contributed by atoms with E-state index >= 15 is 0 Å². The fourth-order valence-corrected chi connectivity index (χ4v) is 1.16. The minimum absolute atomic E-state index is 0.204. The number of hydrogen-bond donors (Lipinski definition) is 1. The molecule has 0 bridgehead atoms. The lowest BCUT2D eigenvalue weighted by atomic mass is 9.96. The van der Waals surface area contributed by atoms with Crippen molar-refractivity contribution in [2.24, 2.45) is 5.41 Å². The van der Waals surface area contributed by atoms with Gasteiger partial charge >= 0.3 is 0 Å². The zero-order valence-electron chi connectivity index (χ0n) is 11.7. The Morgan fingerprint density at radius 3 is 2.18 bits per heavy atom. The maximum atomic E-state index is 3.81. The van der Waals surface area contributed by atoms with Crippen LogP contribution in [0.15, 0.2) is 60.5 Å². The second kappa shape index (κ2) is 7.72. The Morgan fingerprint density at radius 1 is 1.12 bits per heavy atom. The monoisotopic (exact) mass is 231 g/mol. The van der Waals surface area contributed by atoms with Crippen LogP contribution in [0.5, 0.6) is 0 Å². The first kappa shape index (κ1) is 15.5. The summed E-state index contributed by atoms with van der Waals surface area (Å²) in [5, 5.41) is 3.31. The molecule has 0 fully saturated rings. The Balaban J connectivity index is 4.69. The van der Waals surface area contributed by atoms with Crippen molar-refractivity contribution in [3.63, 3.8) is 0 Å². The first-order valence-electron chi connectivity index (χ1n) is 6.01. The van der Waals surface area contributed by atoms with Gasteiger partial charge in [-0.15, -0.1) is 0 Å². The molecule has 1 N–H and O–H groups in total. The molecule has 0 saturated carbocycles. The van der Waals surface area contributed by atoms with E-state index in [1.165, 1.54) is 0 Å². The zero-order valence-corrected chi connectivity index (χ0v) is 11.7. The van der Waals surface area contributed by atoms with Crippen molar-refractivity contribution in [3.8, 4) is 0 Å². The van der Waals surface area contributed by atoms with Crippen molar-refractivity contribution < 1.29 is 0 Å². The molecule has 0 saturated heterocycles. The molecular formula is C16H25N. The van der Waals surface area contributed by atoms with E-state index < -0.39 is 0 Å². The second-order valence-corrected chi connectivity index (χ2v) is 4.92. The standard InChI is InChI=1S/C16H25N/c1-7-11-14(8-2)17-15(9-3)12-10-13-16(4,5)6/h7-13,17H,3H2,1-2,4-6H3/b11-7-,13-10+,14-8+,15-12+. The van der Waals surface area contributed by atoms with Gasteiger partial charge in [0.1, 0.15) is 0 Å². The molecule has 0 heterocycles. The first-order chi connectivity index (χ1) is 7.92. The van der Waals surface area contributed by atoms with Gasteiger partial charge in [0.25, 0.3) is 0 Å². The molecule has 0 aromatic heterocycles. The molecule has 1 nitrogen and oxygen atoms in total. The zero-order chi connectivity index (χ0) is 13.3. The van der Waals surface area contributed by atoms with E-state index in [4.69, 9.17) is 0 Å². The van der Waals surface area contributed by atoms with Crippen molar-refractivity contribution in [1.29, 1.82) is 0 Å². The van der Waals surface area contributed by atoms with Gasteiger partial charge in [-0.25, -0.2) is 0 Å². The summed E-state index contributed by atoms with van der Waals surface area (Å²) >= 11 is 0. The van der Waals surface area contributed by atoms with Gasteiger partial charge in [-0.1, -0.05) is 51.7 Å². The fourth-order valence-electron chi connectivity index (χ4n) is 1.16. The topological polar surface area (TPSA) is 12.0 Å². The van der Waals surface area contributed by atoms with Crippen molar-refractivity contribution in [1.82, 2.24) is 5.32 Å². The SMILES string of the molecule is C=C/C(=C\C=C\C(C)(C)C)NC(/C=C\C)=C/C. The smallest absolute Gasteiger partial charge is 0.0378 e. The largest absolute Gasteiger partial charge is 0.356 e. The molecule has 0 aromatic rings. The molecule has 0 radical (unpaired) electrons. The summed E-state index contributed by atoms with van der Waals surface area (Å²) in [7, 11) is 0. The Kier molecular flexibility index (Phi) is 7.04. The Bertz CT molecular complexity index is 346. The van der Waals surface area contributed by atoms with Gasteiger partial charge in [-0.3, -0.25) is 0 Å². The molecule has 0 aromatic carbocycles. The van der Waals surface area contributed by atoms with E-state index in [-0.39, 0.29) is 5.41 Å². The number of hydrogen-bond acceptors (Lipinski definition) is 1. The summed E-state index contributed by atoms with van der Waals surface area (Å²) in [6, 6.07) is 0. The van der Waals surface area contributed by atoms with Gasteiger partial charge in [-0.2, -0.15) is 0 Å². The lowest BCUT2D eigenvalue weighted by Gasteiger charge is -2.11. The van der Waals surface area contributed by atoms with Gasteiger partial charge in [0.05, 0.1) is 0 Å². The average Bonchev–Trinajstić information content (AvgIpc) is 2.25. The minimum Gasteiger partial charge on any atom is -0.356 e. The number of nitrogens with one attached hydrogen (secondary N) is 1. The molecule has 0 aliphatic heterocycles. The van der Waals surface area contributed by atoms with Crippen LogP contribution in [0.1, 0.15) is 34.6 Å². The summed E-state index contributed by atoms with van der Waals surface area (Å²) < 4.78 is 0. The van der Waals surface area contributed by atoms with E-state index in [2.05, 4.69) is 44.8 Å². The van der Waals surface area contributed by atoms with E-state index in [0.29, 0.717) is 0 Å². The fraction of sp³-hybridized carbons (Fsp3) is 0.375. The van der Waals surface area contributed by atoms with Crippen molar-refractivity contribution >= 4 is 0 Å². The van der Waals surface area contributed by atoms with E-state index in [1.807, 2.05) is 44.2 Å². The Labute approximate surface area is 106 Å². The Morgan fingerprint density at radius 2 is 1.76 bits per heavy atom. The van der Waals surface area contributed by atoms with Crippen LogP contribution in [0.2, 0.25) is 0 Å². The third-order valence-corrected chi connectivity index (χ3v) is 2.04. The average molecular weight is 231 g/mol. The van der Waals surface area contributed by atoms with Crippen LogP contribution in [-0.4, -0.2) is 0 Å². The highest BCUT2D eigenvalue weighted by Gasteiger charge is 2.02. The summed E-state index contributed by atoms with van der Waals surface area (Å²) in [5.74, 6) is 0. The Hall–Kier alpha value is -1.50. The van der Waals surface area contributed by atoms with Gasteiger partial charge in [0, 0.05) is 11.4 Å². The highest BCUT2D eigenvalue weighted by molar-refractivity contribution is 5.29. The molecule has 94 valence electrons. The van der Waals surface area contributed by atoms with Crippen molar-refractivity contribution in [2.45, 2.75) is 34.6 Å². The molecule has 0 rings (SSSR count). The van der Waals surface area contributed by atoms with Crippen LogP contribution >= 0.6 is 0 Å². The predicted octanol–water partition coefficient (Wildman–Crippen LogP) is 4.73. The van der Waals surface area contributed by atoms with Crippen molar-refractivity contribution in [2.75, 3.05) is 0 Å². The third kappa shape index (κ3) is 8.32. The van der Waals surface area contributed by atoms with E-state index in [0.717, 1.165) is 11.4 Å². The highest BCUT2D eigenvalue weighted by atomic mass is 14.9. The second-order valence-electron chi connectivity index (χ2n) is 4.92. The summed E-state index contributed by atoms with van der Waals surface area (Å²) in [6.45, 7) is 14.3. The minimum atomic E-state index is 0.204. The molecule has 0 amide bonds.